The summed E-state index contributed by atoms with van der Waals surface area (Å²) in [5.41, 5.74) is 3.93. The second-order valence-corrected chi connectivity index (χ2v) is 7.59. The quantitative estimate of drug-likeness (QED) is 0.628. The average Bonchev–Trinajstić information content (AvgIpc) is 3.30. The number of hydrogen-bond acceptors (Lipinski definition) is 6. The molecule has 0 N–H and O–H groups in total. The Labute approximate surface area is 148 Å². The summed E-state index contributed by atoms with van der Waals surface area (Å²) in [7, 11) is 0. The van der Waals surface area contributed by atoms with Gasteiger partial charge in [0.25, 0.3) is 0 Å². The lowest BCUT2D eigenvalue weighted by Crippen LogP contribution is -2.07. The van der Waals surface area contributed by atoms with Gasteiger partial charge in [0.2, 0.25) is 5.89 Å². The Morgan fingerprint density at radius 3 is 3.04 bits per heavy atom. The van der Waals surface area contributed by atoms with E-state index in [-0.39, 0.29) is 0 Å². The van der Waals surface area contributed by atoms with E-state index >= 15 is 0 Å². The van der Waals surface area contributed by atoms with E-state index in [0.29, 0.717) is 17.2 Å². The van der Waals surface area contributed by atoms with Crippen molar-refractivity contribution in [2.24, 2.45) is 0 Å². The van der Waals surface area contributed by atoms with Gasteiger partial charge in [0.15, 0.2) is 0 Å². The Bertz CT molecular complexity index is 894. The summed E-state index contributed by atoms with van der Waals surface area (Å²) in [4.78, 5) is 10.3. The molecule has 0 bridgehead atoms. The van der Waals surface area contributed by atoms with Gasteiger partial charge >= 0.3 is 0 Å². The number of fused-ring (bicyclic) bond motifs is 1. The lowest BCUT2D eigenvalue weighted by molar-refractivity contribution is 0.575. The topological polar surface area (TPSA) is 62.7 Å². The van der Waals surface area contributed by atoms with Crippen LogP contribution in [0, 0.1) is 11.3 Å². The lowest BCUT2D eigenvalue weighted by atomic mass is 9.95. The molecule has 4 nitrogen and oxygen atoms in total. The molecule has 3 aromatic rings. The highest BCUT2D eigenvalue weighted by atomic mass is 32.2. The first-order chi connectivity index (χ1) is 11.8. The van der Waals surface area contributed by atoms with Crippen LogP contribution in [0.15, 0.2) is 39.3 Å². The Hall–Kier alpha value is -2.10. The van der Waals surface area contributed by atoms with Crippen molar-refractivity contribution in [3.63, 3.8) is 0 Å². The van der Waals surface area contributed by atoms with Crippen LogP contribution in [0.3, 0.4) is 0 Å². The maximum atomic E-state index is 9.41. The fraction of sp³-hybridized carbons (Fsp3) is 0.278. The summed E-state index contributed by atoms with van der Waals surface area (Å²) in [6, 6.07) is 8.27. The highest BCUT2D eigenvalue weighted by Gasteiger charge is 2.16. The molecule has 0 aliphatic heterocycles. The van der Waals surface area contributed by atoms with Gasteiger partial charge in [-0.05, 0) is 48.8 Å². The number of aromatic nitrogens is 2. The first-order valence-electron chi connectivity index (χ1n) is 7.87. The van der Waals surface area contributed by atoms with Gasteiger partial charge in [0, 0.05) is 11.4 Å². The standard InChI is InChI=1S/C18H15N3OS2/c19-9-13-8-12-4-1-2-5-15(12)21-18(13)24-11-14-10-22-17(20-14)16-6-3-7-23-16/h3,6-8,10H,1-2,4-5,11H2. The van der Waals surface area contributed by atoms with E-state index in [1.54, 1.807) is 29.4 Å². The second kappa shape index (κ2) is 6.80. The third-order valence-corrected chi connectivity index (χ3v) is 5.91. The zero-order chi connectivity index (χ0) is 16.4. The molecule has 0 saturated carbocycles. The van der Waals surface area contributed by atoms with Crippen LogP contribution >= 0.6 is 23.1 Å². The minimum absolute atomic E-state index is 0.648. The van der Waals surface area contributed by atoms with E-state index in [9.17, 15) is 5.26 Å². The van der Waals surface area contributed by atoms with Crippen molar-refractivity contribution in [3.05, 3.63) is 52.4 Å². The van der Waals surface area contributed by atoms with Gasteiger partial charge in [-0.3, -0.25) is 0 Å². The molecule has 0 atom stereocenters. The summed E-state index contributed by atoms with van der Waals surface area (Å²) >= 11 is 3.16. The smallest absolute Gasteiger partial charge is 0.236 e. The first kappa shape index (κ1) is 15.4. The average molecular weight is 353 g/mol. The van der Waals surface area contributed by atoms with E-state index in [1.165, 1.54) is 18.4 Å². The van der Waals surface area contributed by atoms with Crippen molar-refractivity contribution in [1.82, 2.24) is 9.97 Å². The Morgan fingerprint density at radius 1 is 1.29 bits per heavy atom. The molecule has 120 valence electrons. The number of nitrogens with zero attached hydrogens (tertiary/aromatic N) is 3. The summed E-state index contributed by atoms with van der Waals surface area (Å²) in [6.07, 6.45) is 6.11. The van der Waals surface area contributed by atoms with Crippen molar-refractivity contribution in [2.75, 3.05) is 0 Å². The summed E-state index contributed by atoms with van der Waals surface area (Å²) < 4.78 is 5.55. The number of aryl methyl sites for hydroxylation is 2. The van der Waals surface area contributed by atoms with Crippen LogP contribution in [0.2, 0.25) is 0 Å². The third kappa shape index (κ3) is 3.10. The van der Waals surface area contributed by atoms with Crippen LogP contribution in [0.4, 0.5) is 0 Å². The Balaban J connectivity index is 1.52. The molecule has 24 heavy (non-hydrogen) atoms. The SMILES string of the molecule is N#Cc1cc2c(nc1SCc1coc(-c3cccs3)n1)CCCC2. The minimum atomic E-state index is 0.648. The van der Waals surface area contributed by atoms with Gasteiger partial charge < -0.3 is 4.42 Å². The fourth-order valence-electron chi connectivity index (χ4n) is 2.83. The van der Waals surface area contributed by atoms with Gasteiger partial charge in [0.1, 0.15) is 17.4 Å². The van der Waals surface area contributed by atoms with Crippen molar-refractivity contribution in [3.8, 4) is 16.8 Å². The van der Waals surface area contributed by atoms with Crippen LogP contribution in [0.25, 0.3) is 10.8 Å². The Morgan fingerprint density at radius 2 is 2.21 bits per heavy atom. The first-order valence-corrected chi connectivity index (χ1v) is 9.74. The number of nitriles is 1. The van der Waals surface area contributed by atoms with E-state index in [2.05, 4.69) is 11.1 Å². The largest absolute Gasteiger partial charge is 0.444 e. The third-order valence-electron chi connectivity index (χ3n) is 4.03. The molecular weight excluding hydrogens is 338 g/mol. The normalized spacial score (nSPS) is 13.5. The van der Waals surface area contributed by atoms with Gasteiger partial charge in [-0.1, -0.05) is 17.8 Å². The molecule has 0 saturated heterocycles. The highest BCUT2D eigenvalue weighted by Crippen LogP contribution is 2.30. The zero-order valence-corrected chi connectivity index (χ0v) is 14.6. The maximum absolute atomic E-state index is 9.41. The van der Waals surface area contributed by atoms with Crippen LogP contribution in [-0.4, -0.2) is 9.97 Å². The lowest BCUT2D eigenvalue weighted by Gasteiger charge is -2.16. The molecule has 0 fully saturated rings. The van der Waals surface area contributed by atoms with E-state index in [1.807, 2.05) is 23.6 Å². The molecule has 3 aromatic heterocycles. The molecule has 1 aliphatic carbocycles. The van der Waals surface area contributed by atoms with Gasteiger partial charge in [-0.2, -0.15) is 5.26 Å². The molecular formula is C18H15N3OS2. The van der Waals surface area contributed by atoms with Gasteiger partial charge in [0.05, 0.1) is 16.1 Å². The van der Waals surface area contributed by atoms with Crippen LogP contribution in [-0.2, 0) is 18.6 Å². The van der Waals surface area contributed by atoms with Crippen LogP contribution in [0.1, 0.15) is 35.4 Å². The Kier molecular flexibility index (Phi) is 4.37. The highest BCUT2D eigenvalue weighted by molar-refractivity contribution is 7.98. The monoisotopic (exact) mass is 353 g/mol. The number of thioether (sulfide) groups is 1. The molecule has 0 amide bonds. The van der Waals surface area contributed by atoms with Crippen molar-refractivity contribution in [2.45, 2.75) is 36.5 Å². The van der Waals surface area contributed by atoms with E-state index < -0.39 is 0 Å². The zero-order valence-electron chi connectivity index (χ0n) is 13.0. The predicted molar refractivity (Wildman–Crippen MR) is 95.0 cm³/mol. The molecule has 0 spiro atoms. The minimum Gasteiger partial charge on any atom is -0.444 e. The number of thiophene rings is 1. The molecule has 0 radical (unpaired) electrons. The number of rotatable bonds is 4. The number of hydrogen-bond donors (Lipinski definition) is 0. The van der Waals surface area contributed by atoms with E-state index in [4.69, 9.17) is 9.40 Å². The summed E-state index contributed by atoms with van der Waals surface area (Å²) in [6.45, 7) is 0. The van der Waals surface area contributed by atoms with Gasteiger partial charge in [-0.15, -0.1) is 11.3 Å². The molecule has 6 heteroatoms. The van der Waals surface area contributed by atoms with Crippen molar-refractivity contribution in [1.29, 1.82) is 5.26 Å². The molecule has 0 aromatic carbocycles. The predicted octanol–water partition coefficient (Wildman–Crippen LogP) is 4.84. The maximum Gasteiger partial charge on any atom is 0.236 e. The van der Waals surface area contributed by atoms with E-state index in [0.717, 1.165) is 34.1 Å². The fourth-order valence-corrected chi connectivity index (χ4v) is 4.34. The van der Waals surface area contributed by atoms with Crippen molar-refractivity contribution < 1.29 is 4.42 Å². The molecule has 0 unspecified atom stereocenters. The van der Waals surface area contributed by atoms with Crippen LogP contribution < -0.4 is 0 Å². The molecule has 1 aliphatic rings. The van der Waals surface area contributed by atoms with Crippen molar-refractivity contribution >= 4 is 23.1 Å². The van der Waals surface area contributed by atoms with Crippen LogP contribution in [0.5, 0.6) is 0 Å². The molecule has 4 rings (SSSR count). The summed E-state index contributed by atoms with van der Waals surface area (Å²) in [5, 5.41) is 12.2. The number of pyridine rings is 1. The summed E-state index contributed by atoms with van der Waals surface area (Å²) in [5.74, 6) is 1.30. The van der Waals surface area contributed by atoms with Gasteiger partial charge in [-0.25, -0.2) is 9.97 Å². The molecule has 3 heterocycles. The second-order valence-electron chi connectivity index (χ2n) is 5.68. The number of oxazole rings is 1.